The van der Waals surface area contributed by atoms with Crippen molar-refractivity contribution in [3.8, 4) is 55.6 Å². The van der Waals surface area contributed by atoms with E-state index in [1.54, 1.807) is 0 Å². The quantitative estimate of drug-likeness (QED) is 0.177. The van der Waals surface area contributed by atoms with E-state index in [2.05, 4.69) is 194 Å². The summed E-state index contributed by atoms with van der Waals surface area (Å²) in [6.45, 7) is 0. The number of hydrogen-bond donors (Lipinski definition) is 0. The van der Waals surface area contributed by atoms with E-state index in [1.165, 1.54) is 89.0 Å². The fourth-order valence-electron chi connectivity index (χ4n) is 8.48. The zero-order valence-corrected chi connectivity index (χ0v) is 27.6. The van der Waals surface area contributed by atoms with Crippen molar-refractivity contribution in [3.63, 3.8) is 0 Å². The SMILES string of the molecule is c1ccc(-c2ccc(C3c4ccccc4-c4cc(-c5ccc6c(c5)-c5ccccc5C6c5ccc(-c6ccccc6)cc5)ccc43)cc2)cc1. The zero-order valence-electron chi connectivity index (χ0n) is 27.6. The van der Waals surface area contributed by atoms with Crippen molar-refractivity contribution in [2.24, 2.45) is 0 Å². The lowest BCUT2D eigenvalue weighted by atomic mass is 9.87. The van der Waals surface area contributed by atoms with E-state index in [-0.39, 0.29) is 11.8 Å². The molecule has 0 spiro atoms. The van der Waals surface area contributed by atoms with Crippen molar-refractivity contribution < 1.29 is 0 Å². The Morgan fingerprint density at radius 3 is 0.960 bits per heavy atom. The van der Waals surface area contributed by atoms with Crippen LogP contribution in [0, 0.1) is 0 Å². The van der Waals surface area contributed by atoms with E-state index in [4.69, 9.17) is 0 Å². The fourth-order valence-corrected chi connectivity index (χ4v) is 8.48. The molecule has 234 valence electrons. The maximum atomic E-state index is 2.43. The average Bonchev–Trinajstić information content (AvgIpc) is 3.71. The Labute approximate surface area is 294 Å². The third-order valence-electron chi connectivity index (χ3n) is 10.9. The standard InChI is InChI=1S/C50H34/c1-3-11-33(12-4-1)35-19-23-37(24-20-35)49-43-17-9-7-15-41(43)47-31-39(27-29-45(47)49)40-28-30-46-48(32-40)42-16-8-10-18-44(42)50(46)38-25-21-36(22-26-38)34-13-5-2-6-14-34/h1-32,49-50H. The molecule has 8 aromatic carbocycles. The van der Waals surface area contributed by atoms with Gasteiger partial charge in [-0.2, -0.15) is 0 Å². The molecule has 0 nitrogen and oxygen atoms in total. The Bertz CT molecular complexity index is 2330. The van der Waals surface area contributed by atoms with E-state index >= 15 is 0 Å². The molecule has 0 radical (unpaired) electrons. The minimum atomic E-state index is 0.223. The fraction of sp³-hybridized carbons (Fsp3) is 0.0400. The van der Waals surface area contributed by atoms with E-state index in [9.17, 15) is 0 Å². The second kappa shape index (κ2) is 11.7. The summed E-state index contributed by atoms with van der Waals surface area (Å²) in [6, 6.07) is 71.8. The van der Waals surface area contributed by atoms with Crippen LogP contribution in [0.25, 0.3) is 55.6 Å². The second-order valence-electron chi connectivity index (χ2n) is 13.6. The van der Waals surface area contributed by atoms with Gasteiger partial charge in [-0.25, -0.2) is 0 Å². The summed E-state index contributed by atoms with van der Waals surface area (Å²) >= 11 is 0. The monoisotopic (exact) mass is 634 g/mol. The van der Waals surface area contributed by atoms with Gasteiger partial charge in [-0.1, -0.05) is 182 Å². The van der Waals surface area contributed by atoms with E-state index in [0.717, 1.165) is 0 Å². The van der Waals surface area contributed by atoms with Gasteiger partial charge in [0.1, 0.15) is 0 Å². The number of benzene rings is 8. The average molecular weight is 635 g/mol. The van der Waals surface area contributed by atoms with E-state index < -0.39 is 0 Å². The summed E-state index contributed by atoms with van der Waals surface area (Å²) < 4.78 is 0. The van der Waals surface area contributed by atoms with Crippen LogP contribution in [0.15, 0.2) is 194 Å². The number of hydrogen-bond acceptors (Lipinski definition) is 0. The largest absolute Gasteiger partial charge is 0.0622 e. The first-order chi connectivity index (χ1) is 24.8. The van der Waals surface area contributed by atoms with Crippen LogP contribution in [-0.4, -0.2) is 0 Å². The highest BCUT2D eigenvalue weighted by Crippen LogP contribution is 2.51. The summed E-state index contributed by atoms with van der Waals surface area (Å²) in [5.74, 6) is 0.446. The smallest absolute Gasteiger partial charge is 0.0352 e. The zero-order chi connectivity index (χ0) is 33.0. The maximum absolute atomic E-state index is 2.43. The molecular weight excluding hydrogens is 601 g/mol. The number of fused-ring (bicyclic) bond motifs is 6. The second-order valence-corrected chi connectivity index (χ2v) is 13.6. The summed E-state index contributed by atoms with van der Waals surface area (Å²) in [6.07, 6.45) is 0. The molecule has 0 heteroatoms. The predicted octanol–water partition coefficient (Wildman–Crippen LogP) is 13.0. The Morgan fingerprint density at radius 1 is 0.220 bits per heavy atom. The van der Waals surface area contributed by atoms with Gasteiger partial charge in [0, 0.05) is 11.8 Å². The molecule has 0 bridgehead atoms. The van der Waals surface area contributed by atoms with Crippen LogP contribution in [0.4, 0.5) is 0 Å². The lowest BCUT2D eigenvalue weighted by Crippen LogP contribution is -1.99. The van der Waals surface area contributed by atoms with Gasteiger partial charge in [-0.3, -0.25) is 0 Å². The first-order valence-corrected chi connectivity index (χ1v) is 17.6. The summed E-state index contributed by atoms with van der Waals surface area (Å²) in [4.78, 5) is 0. The molecule has 10 rings (SSSR count). The van der Waals surface area contributed by atoms with Crippen LogP contribution >= 0.6 is 0 Å². The first kappa shape index (κ1) is 28.7. The van der Waals surface area contributed by atoms with Gasteiger partial charge < -0.3 is 0 Å². The van der Waals surface area contributed by atoms with Gasteiger partial charge in [0.15, 0.2) is 0 Å². The molecule has 8 aromatic rings. The highest BCUT2D eigenvalue weighted by molar-refractivity contribution is 5.88. The van der Waals surface area contributed by atoms with E-state index in [0.29, 0.717) is 0 Å². The van der Waals surface area contributed by atoms with Crippen LogP contribution < -0.4 is 0 Å². The van der Waals surface area contributed by atoms with Crippen LogP contribution in [0.3, 0.4) is 0 Å². The minimum Gasteiger partial charge on any atom is -0.0622 e. The normalized spacial score (nSPS) is 15.2. The predicted molar refractivity (Wildman–Crippen MR) is 208 cm³/mol. The molecule has 2 aliphatic rings. The Balaban J connectivity index is 1.02. The van der Waals surface area contributed by atoms with E-state index in [1.807, 2.05) is 0 Å². The Kier molecular flexibility index (Phi) is 6.74. The lowest BCUT2D eigenvalue weighted by molar-refractivity contribution is 1.01. The molecule has 2 aliphatic carbocycles. The highest BCUT2D eigenvalue weighted by Gasteiger charge is 2.32. The Hall–Kier alpha value is -6.24. The third kappa shape index (κ3) is 4.68. The molecule has 0 aliphatic heterocycles. The van der Waals surface area contributed by atoms with Gasteiger partial charge in [0.2, 0.25) is 0 Å². The van der Waals surface area contributed by atoms with Crippen LogP contribution in [0.2, 0.25) is 0 Å². The molecule has 0 saturated carbocycles. The van der Waals surface area contributed by atoms with Gasteiger partial charge in [0.05, 0.1) is 0 Å². The van der Waals surface area contributed by atoms with Crippen molar-refractivity contribution in [2.75, 3.05) is 0 Å². The van der Waals surface area contributed by atoms with Crippen molar-refractivity contribution in [1.82, 2.24) is 0 Å². The van der Waals surface area contributed by atoms with Crippen molar-refractivity contribution in [1.29, 1.82) is 0 Å². The molecular formula is C50H34. The van der Waals surface area contributed by atoms with Gasteiger partial charge in [-0.05, 0) is 101 Å². The molecule has 0 fully saturated rings. The molecule has 0 aromatic heterocycles. The Morgan fingerprint density at radius 2 is 0.540 bits per heavy atom. The summed E-state index contributed by atoms with van der Waals surface area (Å²) in [7, 11) is 0. The molecule has 0 N–H and O–H groups in total. The third-order valence-corrected chi connectivity index (χ3v) is 10.9. The first-order valence-electron chi connectivity index (χ1n) is 17.6. The highest BCUT2D eigenvalue weighted by atomic mass is 14.3. The summed E-state index contributed by atoms with van der Waals surface area (Å²) in [5, 5.41) is 0. The van der Waals surface area contributed by atoms with Crippen LogP contribution in [0.5, 0.6) is 0 Å². The lowest BCUT2D eigenvalue weighted by Gasteiger charge is -2.16. The van der Waals surface area contributed by atoms with Crippen molar-refractivity contribution in [3.05, 3.63) is 228 Å². The van der Waals surface area contributed by atoms with Crippen molar-refractivity contribution in [2.45, 2.75) is 11.8 Å². The molecule has 2 unspecified atom stereocenters. The molecule has 0 saturated heterocycles. The minimum absolute atomic E-state index is 0.223. The van der Waals surface area contributed by atoms with Gasteiger partial charge >= 0.3 is 0 Å². The van der Waals surface area contributed by atoms with Crippen LogP contribution in [-0.2, 0) is 0 Å². The summed E-state index contributed by atoms with van der Waals surface area (Å²) in [5.41, 5.74) is 21.1. The molecule has 0 heterocycles. The topological polar surface area (TPSA) is 0 Å². The van der Waals surface area contributed by atoms with Crippen molar-refractivity contribution >= 4 is 0 Å². The maximum Gasteiger partial charge on any atom is 0.0352 e. The molecule has 2 atom stereocenters. The number of rotatable bonds is 5. The van der Waals surface area contributed by atoms with Gasteiger partial charge in [0.25, 0.3) is 0 Å². The molecule has 0 amide bonds. The van der Waals surface area contributed by atoms with Crippen LogP contribution in [0.1, 0.15) is 45.2 Å². The molecule has 50 heavy (non-hydrogen) atoms. The van der Waals surface area contributed by atoms with Gasteiger partial charge in [-0.15, -0.1) is 0 Å².